The van der Waals surface area contributed by atoms with Gasteiger partial charge in [-0.05, 0) is 58.9 Å². The Hall–Kier alpha value is -3.42. The highest BCUT2D eigenvalue weighted by molar-refractivity contribution is 14.1. The molecular formula is C27H24ClIN2O5. The predicted octanol–water partition coefficient (Wildman–Crippen LogP) is 6.40. The molecule has 0 atom stereocenters. The summed E-state index contributed by atoms with van der Waals surface area (Å²) in [6.45, 7) is 2.40. The van der Waals surface area contributed by atoms with Crippen LogP contribution in [0.25, 0.3) is 6.08 Å². The van der Waals surface area contributed by atoms with Crippen LogP contribution in [0.15, 0.2) is 54.1 Å². The molecule has 0 saturated carbocycles. The van der Waals surface area contributed by atoms with E-state index in [9.17, 15) is 10.1 Å². The van der Waals surface area contributed by atoms with Gasteiger partial charge in [-0.1, -0.05) is 41.4 Å². The van der Waals surface area contributed by atoms with Gasteiger partial charge in [-0.2, -0.15) is 5.26 Å². The molecule has 0 spiro atoms. The normalized spacial score (nSPS) is 10.9. The lowest BCUT2D eigenvalue weighted by Crippen LogP contribution is -2.14. The summed E-state index contributed by atoms with van der Waals surface area (Å²) < 4.78 is 22.8. The number of nitrogens with one attached hydrogen (secondary N) is 1. The van der Waals surface area contributed by atoms with Crippen molar-refractivity contribution in [2.24, 2.45) is 0 Å². The number of anilines is 1. The number of hydrogen-bond acceptors (Lipinski definition) is 6. The van der Waals surface area contributed by atoms with Gasteiger partial charge >= 0.3 is 0 Å². The number of halogens is 2. The number of aryl methyl sites for hydroxylation is 1. The lowest BCUT2D eigenvalue weighted by atomic mass is 10.1. The van der Waals surface area contributed by atoms with Gasteiger partial charge in [-0.25, -0.2) is 0 Å². The molecule has 0 aromatic heterocycles. The SMILES string of the molecule is COc1cc(NC(=O)/C(C#N)=C/c2cc(I)c(OCc3cccc(C)c3)c(OC)c2)c(OC)cc1Cl. The van der Waals surface area contributed by atoms with Gasteiger partial charge in [0.15, 0.2) is 11.5 Å². The van der Waals surface area contributed by atoms with Crippen LogP contribution in [0, 0.1) is 21.8 Å². The van der Waals surface area contributed by atoms with E-state index in [1.165, 1.54) is 39.5 Å². The molecule has 3 aromatic carbocycles. The zero-order chi connectivity index (χ0) is 26.2. The van der Waals surface area contributed by atoms with Crippen LogP contribution in [0.2, 0.25) is 5.02 Å². The fraction of sp³-hybridized carbons (Fsp3) is 0.185. The number of carbonyl (C=O) groups excluding carboxylic acids is 1. The van der Waals surface area contributed by atoms with E-state index in [0.29, 0.717) is 45.9 Å². The Labute approximate surface area is 228 Å². The number of methoxy groups -OCH3 is 3. The summed E-state index contributed by atoms with van der Waals surface area (Å²) >= 11 is 8.27. The van der Waals surface area contributed by atoms with Crippen molar-refractivity contribution >= 4 is 51.9 Å². The van der Waals surface area contributed by atoms with Crippen LogP contribution in [-0.2, 0) is 11.4 Å². The van der Waals surface area contributed by atoms with Crippen molar-refractivity contribution in [3.63, 3.8) is 0 Å². The highest BCUT2D eigenvalue weighted by Gasteiger charge is 2.17. The molecule has 1 amide bonds. The Morgan fingerprint density at radius 3 is 2.42 bits per heavy atom. The molecule has 0 radical (unpaired) electrons. The van der Waals surface area contributed by atoms with Crippen LogP contribution in [0.4, 0.5) is 5.69 Å². The number of nitriles is 1. The average Bonchev–Trinajstić information content (AvgIpc) is 2.86. The minimum atomic E-state index is -0.617. The minimum Gasteiger partial charge on any atom is -0.495 e. The third-order valence-electron chi connectivity index (χ3n) is 5.12. The minimum absolute atomic E-state index is 0.114. The Morgan fingerprint density at radius 2 is 1.78 bits per heavy atom. The first-order valence-electron chi connectivity index (χ1n) is 10.7. The molecule has 0 bridgehead atoms. The van der Waals surface area contributed by atoms with E-state index in [4.69, 9.17) is 30.5 Å². The topological polar surface area (TPSA) is 89.8 Å². The van der Waals surface area contributed by atoms with Crippen LogP contribution < -0.4 is 24.3 Å². The molecule has 0 saturated heterocycles. The van der Waals surface area contributed by atoms with Gasteiger partial charge < -0.3 is 24.3 Å². The van der Waals surface area contributed by atoms with Crippen molar-refractivity contribution in [3.8, 4) is 29.1 Å². The summed E-state index contributed by atoms with van der Waals surface area (Å²) in [5.74, 6) is 1.14. The van der Waals surface area contributed by atoms with Crippen LogP contribution in [0.5, 0.6) is 23.0 Å². The van der Waals surface area contributed by atoms with E-state index in [0.717, 1.165) is 14.7 Å². The third kappa shape index (κ3) is 6.62. The first kappa shape index (κ1) is 27.2. The van der Waals surface area contributed by atoms with Crippen molar-refractivity contribution in [2.75, 3.05) is 26.6 Å². The lowest BCUT2D eigenvalue weighted by Gasteiger charge is -2.14. The van der Waals surface area contributed by atoms with Gasteiger partial charge in [-0.15, -0.1) is 0 Å². The zero-order valence-electron chi connectivity index (χ0n) is 20.1. The first-order valence-corrected chi connectivity index (χ1v) is 12.2. The van der Waals surface area contributed by atoms with E-state index in [1.807, 2.05) is 37.3 Å². The van der Waals surface area contributed by atoms with Crippen molar-refractivity contribution in [3.05, 3.63) is 79.4 Å². The van der Waals surface area contributed by atoms with Crippen LogP contribution in [0.3, 0.4) is 0 Å². The Balaban J connectivity index is 1.86. The lowest BCUT2D eigenvalue weighted by molar-refractivity contribution is -0.112. The quantitative estimate of drug-likeness (QED) is 0.170. The molecule has 0 heterocycles. The molecule has 0 aliphatic carbocycles. The molecule has 9 heteroatoms. The fourth-order valence-electron chi connectivity index (χ4n) is 3.38. The van der Waals surface area contributed by atoms with Crippen molar-refractivity contribution in [1.29, 1.82) is 5.26 Å². The van der Waals surface area contributed by atoms with E-state index < -0.39 is 5.91 Å². The maximum atomic E-state index is 12.9. The molecule has 1 N–H and O–H groups in total. The largest absolute Gasteiger partial charge is 0.495 e. The standard InChI is InChI=1S/C27H24ClIN2O5/c1-16-6-5-7-17(8-16)15-36-26-21(29)10-18(11-25(26)35-4)9-19(14-30)27(32)31-22-13-23(33-2)20(28)12-24(22)34-3/h5-13H,15H2,1-4H3,(H,31,32)/b19-9+. The number of amides is 1. The smallest absolute Gasteiger partial charge is 0.266 e. The molecule has 36 heavy (non-hydrogen) atoms. The number of ether oxygens (including phenoxy) is 4. The summed E-state index contributed by atoms with van der Waals surface area (Å²) in [5, 5.41) is 12.7. The molecule has 7 nitrogen and oxygen atoms in total. The molecule has 3 aromatic rings. The second-order valence-electron chi connectivity index (χ2n) is 7.62. The highest BCUT2D eigenvalue weighted by atomic mass is 127. The summed E-state index contributed by atoms with van der Waals surface area (Å²) in [6.07, 6.45) is 1.48. The number of benzene rings is 3. The van der Waals surface area contributed by atoms with E-state index >= 15 is 0 Å². The van der Waals surface area contributed by atoms with Crippen LogP contribution in [-0.4, -0.2) is 27.2 Å². The highest BCUT2D eigenvalue weighted by Crippen LogP contribution is 2.37. The maximum Gasteiger partial charge on any atom is 0.266 e. The third-order valence-corrected chi connectivity index (χ3v) is 6.21. The molecule has 186 valence electrons. The van der Waals surface area contributed by atoms with Gasteiger partial charge in [0.25, 0.3) is 5.91 Å². The van der Waals surface area contributed by atoms with E-state index in [-0.39, 0.29) is 5.57 Å². The molecule has 0 fully saturated rings. The number of nitrogens with zero attached hydrogens (tertiary/aromatic N) is 1. The average molecular weight is 619 g/mol. The van der Waals surface area contributed by atoms with E-state index in [2.05, 4.69) is 34.0 Å². The summed E-state index contributed by atoms with van der Waals surface area (Å²) in [5.41, 5.74) is 2.99. The monoisotopic (exact) mass is 618 g/mol. The van der Waals surface area contributed by atoms with Crippen LogP contribution >= 0.6 is 34.2 Å². The second-order valence-corrected chi connectivity index (χ2v) is 9.19. The van der Waals surface area contributed by atoms with Crippen molar-refractivity contribution in [1.82, 2.24) is 0 Å². The summed E-state index contributed by atoms with van der Waals surface area (Å²) in [6, 6.07) is 16.6. The van der Waals surface area contributed by atoms with Crippen molar-refractivity contribution in [2.45, 2.75) is 13.5 Å². The summed E-state index contributed by atoms with van der Waals surface area (Å²) in [4.78, 5) is 12.9. The van der Waals surface area contributed by atoms with Crippen LogP contribution in [0.1, 0.15) is 16.7 Å². The number of rotatable bonds is 9. The fourth-order valence-corrected chi connectivity index (χ4v) is 4.40. The summed E-state index contributed by atoms with van der Waals surface area (Å²) in [7, 11) is 4.45. The Morgan fingerprint density at radius 1 is 1.06 bits per heavy atom. The predicted molar refractivity (Wildman–Crippen MR) is 148 cm³/mol. The molecule has 3 rings (SSSR count). The molecule has 0 unspecified atom stereocenters. The Kier molecular flexibility index (Phi) is 9.44. The van der Waals surface area contributed by atoms with Crippen molar-refractivity contribution < 1.29 is 23.7 Å². The van der Waals surface area contributed by atoms with E-state index in [1.54, 1.807) is 6.07 Å². The Bertz CT molecular complexity index is 1350. The number of hydrogen-bond donors (Lipinski definition) is 1. The van der Waals surface area contributed by atoms with Gasteiger partial charge in [0.05, 0.1) is 35.6 Å². The maximum absolute atomic E-state index is 12.9. The second kappa shape index (κ2) is 12.5. The first-order chi connectivity index (χ1) is 17.3. The molecule has 0 aliphatic heterocycles. The van der Waals surface area contributed by atoms with Gasteiger partial charge in [0.1, 0.15) is 29.7 Å². The molecular weight excluding hydrogens is 595 g/mol. The molecule has 0 aliphatic rings. The van der Waals surface area contributed by atoms with Gasteiger partial charge in [0.2, 0.25) is 0 Å². The zero-order valence-corrected chi connectivity index (χ0v) is 23.1. The van der Waals surface area contributed by atoms with Gasteiger partial charge in [0, 0.05) is 12.1 Å². The number of carbonyl (C=O) groups is 1. The van der Waals surface area contributed by atoms with Gasteiger partial charge in [-0.3, -0.25) is 4.79 Å².